The average Bonchev–Trinajstić information content (AvgIpc) is 1.35. The van der Waals surface area contributed by atoms with Gasteiger partial charge in [0.1, 0.15) is 0 Å². The van der Waals surface area contributed by atoms with E-state index < -0.39 is 14.5 Å². The summed E-state index contributed by atoms with van der Waals surface area (Å²) < 4.78 is 5.32. The van der Waals surface area contributed by atoms with Crippen LogP contribution in [0.1, 0.15) is 0 Å². The molecule has 0 spiro atoms. The van der Waals surface area contributed by atoms with Gasteiger partial charge >= 0.3 is 30.0 Å². The Bertz CT molecular complexity index is 30.0. The fraction of sp³-hybridized carbons (Fsp3) is 1.00. The smallest absolute Gasteiger partial charge is 0.423 e. The third-order valence-electron chi connectivity index (χ3n) is 0.500. The van der Waals surface area contributed by atoms with Gasteiger partial charge in [-0.15, -0.1) is 0 Å². The molecule has 0 aliphatic rings. The fourth-order valence-corrected chi connectivity index (χ4v) is 3.00. The van der Waals surface area contributed by atoms with Gasteiger partial charge in [0.15, 0.2) is 0 Å². The summed E-state index contributed by atoms with van der Waals surface area (Å²) >= 11 is -0.681. The van der Waals surface area contributed by atoms with Gasteiger partial charge in [0, 0.05) is 0 Å². The lowest BCUT2D eigenvalue weighted by Crippen LogP contribution is -2.08. The van der Waals surface area contributed by atoms with Crippen molar-refractivity contribution >= 4 is 30.0 Å². The highest BCUT2D eigenvalue weighted by Gasteiger charge is 1.98. The minimum atomic E-state index is -0.609. The molecule has 1 nitrogen and oxygen atoms in total. The first-order valence-electron chi connectivity index (χ1n) is 2.39. The molecule has 0 aromatic carbocycles. The molecule has 0 aromatic heterocycles. The van der Waals surface area contributed by atoms with E-state index in [1.54, 1.807) is 0 Å². The molecule has 0 aromatic rings. The van der Waals surface area contributed by atoms with Gasteiger partial charge in [0.25, 0.3) is 0 Å². The summed E-state index contributed by atoms with van der Waals surface area (Å²) in [6.45, 7) is 0. The molecule has 3 heteroatoms. The molecule has 0 aliphatic heterocycles. The van der Waals surface area contributed by atoms with Gasteiger partial charge in [-0.2, -0.15) is 0 Å². The molecular formula is C3H10Al2O. The molecule has 0 saturated carbocycles. The Hall–Kier alpha value is 1.02. The predicted octanol–water partition coefficient (Wildman–Crippen LogP) is 0.654. The van der Waals surface area contributed by atoms with Gasteiger partial charge in [-0.3, -0.25) is 0 Å². The van der Waals surface area contributed by atoms with Crippen LogP contribution in [-0.4, -0.2) is 30.0 Å². The first-order valence-corrected chi connectivity index (χ1v) is 7.16. The van der Waals surface area contributed by atoms with Crippen molar-refractivity contribution in [1.29, 1.82) is 0 Å². The van der Waals surface area contributed by atoms with Crippen LogP contribution < -0.4 is 0 Å². The number of hydrogen-bond acceptors (Lipinski definition) is 1. The van der Waals surface area contributed by atoms with Crippen molar-refractivity contribution in [2.75, 3.05) is 0 Å². The molecule has 34 valence electrons. The van der Waals surface area contributed by atoms with Crippen LogP contribution in [0.4, 0.5) is 0 Å². The Morgan fingerprint density at radius 3 is 2.00 bits per heavy atom. The van der Waals surface area contributed by atoms with Crippen LogP contribution in [0, 0.1) is 0 Å². The molecule has 0 bridgehead atoms. The molecule has 0 saturated heterocycles. The standard InChI is InChI=1S/3CH3.2Al.O.H/h3*1H3;;;;. The molecule has 0 aliphatic carbocycles. The molecule has 0 rings (SSSR count). The van der Waals surface area contributed by atoms with Gasteiger partial charge in [-0.05, 0) is 0 Å². The minimum absolute atomic E-state index is 0.0718. The van der Waals surface area contributed by atoms with E-state index in [1.807, 2.05) is 0 Å². The van der Waals surface area contributed by atoms with Crippen molar-refractivity contribution in [3.8, 4) is 0 Å². The maximum absolute atomic E-state index is 5.32. The van der Waals surface area contributed by atoms with Crippen LogP contribution in [-0.2, 0) is 2.84 Å². The molecule has 0 heterocycles. The Morgan fingerprint density at radius 1 is 1.50 bits per heavy atom. The Morgan fingerprint density at radius 2 is 2.00 bits per heavy atom. The molecule has 0 amide bonds. The third kappa shape index (κ3) is 5.02. The van der Waals surface area contributed by atoms with Crippen molar-refractivity contribution in [2.24, 2.45) is 0 Å². The summed E-state index contributed by atoms with van der Waals surface area (Å²) in [5.74, 6) is 6.58. The largest absolute Gasteiger partial charge is 0.640 e. The lowest BCUT2D eigenvalue weighted by molar-refractivity contribution is 0.630. The molecule has 0 fully saturated rings. The Balaban J connectivity index is 2.63. The summed E-state index contributed by atoms with van der Waals surface area (Å²) in [4.78, 5) is 0. The average molecular weight is 116 g/mol. The Labute approximate surface area is 50.5 Å². The second kappa shape index (κ2) is 4.19. The molecular weight excluding hydrogens is 106 g/mol. The van der Waals surface area contributed by atoms with Crippen LogP contribution in [0.25, 0.3) is 0 Å². The Kier molecular flexibility index (Phi) is 4.91. The van der Waals surface area contributed by atoms with Crippen molar-refractivity contribution in [3.05, 3.63) is 0 Å². The van der Waals surface area contributed by atoms with Gasteiger partial charge in [-0.25, -0.2) is 0 Å². The van der Waals surface area contributed by atoms with E-state index in [0.29, 0.717) is 0 Å². The van der Waals surface area contributed by atoms with Gasteiger partial charge in [-0.1, -0.05) is 17.4 Å². The molecule has 0 radical (unpaired) electrons. The number of hydrogen-bond donors (Lipinski definition) is 0. The lowest BCUT2D eigenvalue weighted by Gasteiger charge is -1.95. The van der Waals surface area contributed by atoms with E-state index in [9.17, 15) is 0 Å². The normalized spacial score (nSPS) is 7.83. The van der Waals surface area contributed by atoms with Crippen LogP contribution >= 0.6 is 0 Å². The minimum Gasteiger partial charge on any atom is -0.640 e. The van der Waals surface area contributed by atoms with E-state index >= 15 is 0 Å². The SMILES string of the molecule is [CH3][AlH][O][Al]([CH3])[CH3]. The zero-order valence-electron chi connectivity index (χ0n) is 4.69. The van der Waals surface area contributed by atoms with E-state index in [4.69, 9.17) is 2.84 Å². The summed E-state index contributed by atoms with van der Waals surface area (Å²) in [6.07, 6.45) is 0. The summed E-state index contributed by atoms with van der Waals surface area (Å²) in [7, 11) is 0. The lowest BCUT2D eigenvalue weighted by atomic mass is 11.9. The zero-order chi connectivity index (χ0) is 4.99. The fourth-order valence-electron chi connectivity index (χ4n) is 0.333. The maximum atomic E-state index is 5.32. The molecule has 0 unspecified atom stereocenters. The van der Waals surface area contributed by atoms with Crippen LogP contribution in [0.15, 0.2) is 0 Å². The highest BCUT2D eigenvalue weighted by Crippen LogP contribution is 1.77. The molecule has 0 N–H and O–H groups in total. The quantitative estimate of drug-likeness (QED) is 0.481. The van der Waals surface area contributed by atoms with Gasteiger partial charge < -0.3 is 2.84 Å². The molecule has 6 heavy (non-hydrogen) atoms. The van der Waals surface area contributed by atoms with Crippen molar-refractivity contribution in [2.45, 2.75) is 17.4 Å². The van der Waals surface area contributed by atoms with Gasteiger partial charge in [0.2, 0.25) is 0 Å². The topological polar surface area (TPSA) is 9.23 Å². The zero-order valence-corrected chi connectivity index (χ0v) is 7.26. The molecule has 0 atom stereocenters. The van der Waals surface area contributed by atoms with Crippen molar-refractivity contribution in [3.63, 3.8) is 0 Å². The number of rotatable bonds is 2. The maximum Gasteiger partial charge on any atom is 0.423 e. The van der Waals surface area contributed by atoms with Crippen LogP contribution in [0.5, 0.6) is 0 Å². The third-order valence-corrected chi connectivity index (χ3v) is 4.50. The van der Waals surface area contributed by atoms with E-state index in [1.165, 1.54) is 0 Å². The first-order chi connectivity index (χ1) is 2.77. The second-order valence-corrected chi connectivity index (χ2v) is 5.51. The monoisotopic (exact) mass is 116 g/mol. The summed E-state index contributed by atoms with van der Waals surface area (Å²) in [6, 6.07) is 0. The van der Waals surface area contributed by atoms with E-state index in [0.717, 1.165) is 0 Å². The first kappa shape index (κ1) is 7.02. The van der Waals surface area contributed by atoms with E-state index in [-0.39, 0.29) is 15.6 Å². The summed E-state index contributed by atoms with van der Waals surface area (Å²) in [5.41, 5.74) is 0. The highest BCUT2D eigenvalue weighted by molar-refractivity contribution is 6.55. The second-order valence-electron chi connectivity index (χ2n) is 1.50. The van der Waals surface area contributed by atoms with Crippen LogP contribution in [0.2, 0.25) is 17.4 Å². The van der Waals surface area contributed by atoms with E-state index in [2.05, 4.69) is 17.4 Å². The van der Waals surface area contributed by atoms with Crippen LogP contribution in [0.3, 0.4) is 0 Å². The van der Waals surface area contributed by atoms with Crippen molar-refractivity contribution in [1.82, 2.24) is 0 Å². The van der Waals surface area contributed by atoms with Crippen molar-refractivity contribution < 1.29 is 2.84 Å². The van der Waals surface area contributed by atoms with Gasteiger partial charge in [0.05, 0.1) is 0 Å². The summed E-state index contributed by atoms with van der Waals surface area (Å²) in [5, 5.41) is 0. The predicted molar refractivity (Wildman–Crippen MR) is 31.6 cm³/mol. The highest BCUT2D eigenvalue weighted by atomic mass is 27.3.